The molecular formula is C14H16N2O. The number of allylic oxidation sites excluding steroid dienone is 1. The highest BCUT2D eigenvalue weighted by Crippen LogP contribution is 2.30. The van der Waals surface area contributed by atoms with Gasteiger partial charge in [0.05, 0.1) is 7.11 Å². The Morgan fingerprint density at radius 3 is 3.00 bits per heavy atom. The topological polar surface area (TPSA) is 37.0 Å². The molecule has 3 rings (SSSR count). The van der Waals surface area contributed by atoms with E-state index in [1.807, 2.05) is 6.07 Å². The molecule has 2 heterocycles. The molecule has 0 saturated carbocycles. The third kappa shape index (κ3) is 1.78. The predicted octanol–water partition coefficient (Wildman–Crippen LogP) is 2.90. The van der Waals surface area contributed by atoms with Gasteiger partial charge in [0.2, 0.25) is 0 Å². The minimum Gasteiger partial charge on any atom is -0.497 e. The lowest BCUT2D eigenvalue weighted by Crippen LogP contribution is -2.12. The first-order valence-corrected chi connectivity index (χ1v) is 5.96. The average Bonchev–Trinajstić information content (AvgIpc) is 2.82. The van der Waals surface area contributed by atoms with Gasteiger partial charge in [-0.05, 0) is 36.6 Å². The number of hydrogen-bond donors (Lipinski definition) is 2. The van der Waals surface area contributed by atoms with Gasteiger partial charge >= 0.3 is 0 Å². The molecule has 3 nitrogen and oxygen atoms in total. The highest BCUT2D eigenvalue weighted by Gasteiger charge is 2.11. The molecule has 0 aliphatic carbocycles. The lowest BCUT2D eigenvalue weighted by atomic mass is 9.99. The molecule has 0 fully saturated rings. The fraction of sp³-hybridized carbons (Fsp3) is 0.286. The van der Waals surface area contributed by atoms with Gasteiger partial charge in [-0.3, -0.25) is 0 Å². The predicted molar refractivity (Wildman–Crippen MR) is 70.1 cm³/mol. The van der Waals surface area contributed by atoms with Crippen LogP contribution >= 0.6 is 0 Å². The fourth-order valence-electron chi connectivity index (χ4n) is 2.35. The van der Waals surface area contributed by atoms with Crippen LogP contribution in [0.25, 0.3) is 16.5 Å². The second-order valence-corrected chi connectivity index (χ2v) is 4.34. The summed E-state index contributed by atoms with van der Waals surface area (Å²) in [6, 6.07) is 6.14. The molecule has 2 aromatic rings. The van der Waals surface area contributed by atoms with Crippen LogP contribution in [-0.2, 0) is 0 Å². The molecule has 1 aromatic heterocycles. The van der Waals surface area contributed by atoms with Crippen molar-refractivity contribution in [1.82, 2.24) is 10.3 Å². The molecule has 1 aliphatic rings. The van der Waals surface area contributed by atoms with Crippen LogP contribution in [0.4, 0.5) is 0 Å². The number of aromatic nitrogens is 1. The molecular weight excluding hydrogens is 212 g/mol. The van der Waals surface area contributed by atoms with Crippen LogP contribution in [0.3, 0.4) is 0 Å². The summed E-state index contributed by atoms with van der Waals surface area (Å²) in [7, 11) is 1.70. The SMILES string of the molecule is COc1ccc2[nH]cc(C3=CNCCC3)c2c1. The van der Waals surface area contributed by atoms with Crippen molar-refractivity contribution in [2.75, 3.05) is 13.7 Å². The molecule has 0 unspecified atom stereocenters. The van der Waals surface area contributed by atoms with Crippen molar-refractivity contribution in [3.05, 3.63) is 36.2 Å². The van der Waals surface area contributed by atoms with Gasteiger partial charge < -0.3 is 15.0 Å². The van der Waals surface area contributed by atoms with E-state index in [-0.39, 0.29) is 0 Å². The van der Waals surface area contributed by atoms with Gasteiger partial charge in [0, 0.05) is 35.4 Å². The van der Waals surface area contributed by atoms with Crippen molar-refractivity contribution in [3.8, 4) is 5.75 Å². The van der Waals surface area contributed by atoms with Crippen LogP contribution in [0.2, 0.25) is 0 Å². The van der Waals surface area contributed by atoms with Crippen LogP contribution in [-0.4, -0.2) is 18.6 Å². The van der Waals surface area contributed by atoms with E-state index < -0.39 is 0 Å². The molecule has 0 amide bonds. The summed E-state index contributed by atoms with van der Waals surface area (Å²) in [6.45, 7) is 1.08. The standard InChI is InChI=1S/C14H16N2O/c1-17-11-4-5-14-12(7-11)13(9-16-14)10-3-2-6-15-8-10/h4-5,7-9,15-16H,2-3,6H2,1H3. The lowest BCUT2D eigenvalue weighted by molar-refractivity contribution is 0.415. The first-order valence-electron chi connectivity index (χ1n) is 5.96. The Kier molecular flexibility index (Phi) is 2.52. The maximum absolute atomic E-state index is 5.29. The van der Waals surface area contributed by atoms with E-state index in [4.69, 9.17) is 4.74 Å². The summed E-state index contributed by atoms with van der Waals surface area (Å²) in [5.74, 6) is 0.905. The summed E-state index contributed by atoms with van der Waals surface area (Å²) >= 11 is 0. The molecule has 0 spiro atoms. The number of rotatable bonds is 2. The van der Waals surface area contributed by atoms with Crippen molar-refractivity contribution in [3.63, 3.8) is 0 Å². The monoisotopic (exact) mass is 228 g/mol. The summed E-state index contributed by atoms with van der Waals surface area (Å²) in [4.78, 5) is 3.31. The lowest BCUT2D eigenvalue weighted by Gasteiger charge is -2.13. The second-order valence-electron chi connectivity index (χ2n) is 4.34. The largest absolute Gasteiger partial charge is 0.497 e. The van der Waals surface area contributed by atoms with E-state index in [9.17, 15) is 0 Å². The highest BCUT2D eigenvalue weighted by atomic mass is 16.5. The molecule has 3 heteroatoms. The number of methoxy groups -OCH3 is 1. The Balaban J connectivity index is 2.12. The quantitative estimate of drug-likeness (QED) is 0.829. The molecule has 0 bridgehead atoms. The average molecular weight is 228 g/mol. The Morgan fingerprint density at radius 1 is 1.29 bits per heavy atom. The minimum atomic E-state index is 0.905. The van der Waals surface area contributed by atoms with Gasteiger partial charge in [-0.15, -0.1) is 0 Å². The van der Waals surface area contributed by atoms with Crippen molar-refractivity contribution < 1.29 is 4.74 Å². The molecule has 1 aliphatic heterocycles. The van der Waals surface area contributed by atoms with E-state index in [1.54, 1.807) is 7.11 Å². The van der Waals surface area contributed by atoms with Crippen LogP contribution in [0, 0.1) is 0 Å². The van der Waals surface area contributed by atoms with Crippen molar-refractivity contribution in [1.29, 1.82) is 0 Å². The third-order valence-corrected chi connectivity index (χ3v) is 3.28. The zero-order valence-corrected chi connectivity index (χ0v) is 9.92. The minimum absolute atomic E-state index is 0.905. The Labute approximate surface area is 100 Å². The van der Waals surface area contributed by atoms with Gasteiger partial charge in [-0.1, -0.05) is 0 Å². The molecule has 2 N–H and O–H groups in total. The van der Waals surface area contributed by atoms with Crippen LogP contribution in [0.1, 0.15) is 18.4 Å². The Hall–Kier alpha value is -1.90. The first kappa shape index (κ1) is 10.3. The smallest absolute Gasteiger partial charge is 0.119 e. The molecule has 88 valence electrons. The number of fused-ring (bicyclic) bond motifs is 1. The number of ether oxygens (including phenoxy) is 1. The highest BCUT2D eigenvalue weighted by molar-refractivity contribution is 5.93. The normalized spacial score (nSPS) is 15.5. The van der Waals surface area contributed by atoms with Crippen molar-refractivity contribution in [2.24, 2.45) is 0 Å². The molecule has 1 aromatic carbocycles. The summed E-state index contributed by atoms with van der Waals surface area (Å²) in [6.07, 6.45) is 6.55. The zero-order chi connectivity index (χ0) is 11.7. The third-order valence-electron chi connectivity index (χ3n) is 3.28. The van der Waals surface area contributed by atoms with E-state index in [0.717, 1.165) is 24.2 Å². The number of hydrogen-bond acceptors (Lipinski definition) is 2. The molecule has 0 radical (unpaired) electrons. The van der Waals surface area contributed by atoms with Gasteiger partial charge in [-0.25, -0.2) is 0 Å². The number of nitrogens with one attached hydrogen (secondary N) is 2. The maximum atomic E-state index is 5.29. The van der Waals surface area contributed by atoms with Gasteiger partial charge in [0.15, 0.2) is 0 Å². The number of H-pyrrole nitrogens is 1. The summed E-state index contributed by atoms with van der Waals surface area (Å²) in [5, 5.41) is 4.54. The second kappa shape index (κ2) is 4.17. The number of aromatic amines is 1. The van der Waals surface area contributed by atoms with Crippen LogP contribution in [0.5, 0.6) is 5.75 Å². The summed E-state index contributed by atoms with van der Waals surface area (Å²) in [5.41, 5.74) is 3.81. The van der Waals surface area contributed by atoms with Crippen molar-refractivity contribution in [2.45, 2.75) is 12.8 Å². The molecule has 17 heavy (non-hydrogen) atoms. The maximum Gasteiger partial charge on any atom is 0.119 e. The molecule has 0 atom stereocenters. The Morgan fingerprint density at radius 2 is 2.24 bits per heavy atom. The van der Waals surface area contributed by atoms with Crippen LogP contribution in [0.15, 0.2) is 30.6 Å². The summed E-state index contributed by atoms with van der Waals surface area (Å²) < 4.78 is 5.29. The van der Waals surface area contributed by atoms with E-state index in [1.165, 1.54) is 22.9 Å². The Bertz CT molecular complexity index is 569. The van der Waals surface area contributed by atoms with Crippen molar-refractivity contribution >= 4 is 16.5 Å². The fourth-order valence-corrected chi connectivity index (χ4v) is 2.35. The number of benzene rings is 1. The van der Waals surface area contributed by atoms with Gasteiger partial charge in [0.25, 0.3) is 0 Å². The molecule has 0 saturated heterocycles. The van der Waals surface area contributed by atoms with Crippen LogP contribution < -0.4 is 10.1 Å². The van der Waals surface area contributed by atoms with E-state index in [0.29, 0.717) is 0 Å². The first-order chi connectivity index (χ1) is 8.38. The van der Waals surface area contributed by atoms with Gasteiger partial charge in [0.1, 0.15) is 5.75 Å². The van der Waals surface area contributed by atoms with E-state index >= 15 is 0 Å². The van der Waals surface area contributed by atoms with Gasteiger partial charge in [-0.2, -0.15) is 0 Å². The van der Waals surface area contributed by atoms with E-state index in [2.05, 4.69) is 34.8 Å². The zero-order valence-electron chi connectivity index (χ0n) is 9.92.